The zero-order chi connectivity index (χ0) is 12.0. The molecule has 0 atom stereocenters. The van der Waals surface area contributed by atoms with Crippen molar-refractivity contribution in [3.8, 4) is 5.75 Å². The number of benzene rings is 1. The van der Waals surface area contributed by atoms with Gasteiger partial charge in [0.15, 0.2) is 0 Å². The maximum Gasteiger partial charge on any atom is 0.122 e. The second-order valence-corrected chi connectivity index (χ2v) is 4.10. The predicted molar refractivity (Wildman–Crippen MR) is 67.2 cm³/mol. The summed E-state index contributed by atoms with van der Waals surface area (Å²) in [6.45, 7) is 4.82. The number of rotatable bonds is 6. The fourth-order valence-electron chi connectivity index (χ4n) is 1.56. The standard InChI is InChI=1S/C13H20N2O/c1-10-6-7-12(11(2)9-10)16-8-4-3-5-13(14)15/h6-7,9H,3-5,8H2,1-2H3,(H3,14,15). The lowest BCUT2D eigenvalue weighted by molar-refractivity contribution is 0.306. The minimum atomic E-state index is 0.256. The number of unbranched alkanes of at least 4 members (excludes halogenated alkanes) is 1. The third-order valence-corrected chi connectivity index (χ3v) is 2.43. The maximum atomic E-state index is 7.09. The SMILES string of the molecule is Cc1ccc(OCCCCC(=N)N)c(C)c1. The van der Waals surface area contributed by atoms with Crippen LogP contribution in [0.15, 0.2) is 18.2 Å². The second kappa shape index (κ2) is 6.16. The van der Waals surface area contributed by atoms with Crippen LogP contribution in [0.5, 0.6) is 5.75 Å². The molecule has 3 nitrogen and oxygen atoms in total. The Bertz CT molecular complexity index is 361. The summed E-state index contributed by atoms with van der Waals surface area (Å²) in [6.07, 6.45) is 2.52. The van der Waals surface area contributed by atoms with Crippen LogP contribution in [0.3, 0.4) is 0 Å². The summed E-state index contributed by atoms with van der Waals surface area (Å²) in [5, 5.41) is 7.09. The van der Waals surface area contributed by atoms with Gasteiger partial charge in [0.25, 0.3) is 0 Å². The van der Waals surface area contributed by atoms with Gasteiger partial charge in [-0.1, -0.05) is 17.7 Å². The Balaban J connectivity index is 2.29. The molecule has 0 bridgehead atoms. The Morgan fingerprint density at radius 3 is 2.69 bits per heavy atom. The van der Waals surface area contributed by atoms with Crippen molar-refractivity contribution in [1.29, 1.82) is 5.41 Å². The monoisotopic (exact) mass is 220 g/mol. The molecule has 0 aliphatic heterocycles. The van der Waals surface area contributed by atoms with Crippen LogP contribution in [0.4, 0.5) is 0 Å². The summed E-state index contributed by atoms with van der Waals surface area (Å²) in [7, 11) is 0. The maximum absolute atomic E-state index is 7.09. The number of hydrogen-bond donors (Lipinski definition) is 2. The first-order valence-corrected chi connectivity index (χ1v) is 5.62. The van der Waals surface area contributed by atoms with Gasteiger partial charge < -0.3 is 10.5 Å². The summed E-state index contributed by atoms with van der Waals surface area (Å²) in [6, 6.07) is 6.18. The highest BCUT2D eigenvalue weighted by Crippen LogP contribution is 2.18. The molecule has 88 valence electrons. The third-order valence-electron chi connectivity index (χ3n) is 2.43. The molecule has 0 saturated carbocycles. The van der Waals surface area contributed by atoms with E-state index in [1.165, 1.54) is 11.1 Å². The van der Waals surface area contributed by atoms with Crippen molar-refractivity contribution in [3.63, 3.8) is 0 Å². The second-order valence-electron chi connectivity index (χ2n) is 4.10. The summed E-state index contributed by atoms with van der Waals surface area (Å²) >= 11 is 0. The van der Waals surface area contributed by atoms with Crippen LogP contribution in [-0.2, 0) is 0 Å². The van der Waals surface area contributed by atoms with Gasteiger partial charge in [0, 0.05) is 6.42 Å². The highest BCUT2D eigenvalue weighted by Gasteiger charge is 1.99. The molecule has 1 rings (SSSR count). The molecule has 0 aromatic heterocycles. The molecule has 0 aliphatic rings. The van der Waals surface area contributed by atoms with Crippen molar-refractivity contribution in [2.75, 3.05) is 6.61 Å². The number of hydrogen-bond acceptors (Lipinski definition) is 2. The molecule has 0 amide bonds. The van der Waals surface area contributed by atoms with Gasteiger partial charge in [-0.25, -0.2) is 0 Å². The Morgan fingerprint density at radius 1 is 1.31 bits per heavy atom. The molecule has 16 heavy (non-hydrogen) atoms. The van der Waals surface area contributed by atoms with Crippen LogP contribution in [0.1, 0.15) is 30.4 Å². The zero-order valence-corrected chi connectivity index (χ0v) is 10.0. The summed E-state index contributed by atoms with van der Waals surface area (Å²) < 4.78 is 5.66. The first-order valence-electron chi connectivity index (χ1n) is 5.62. The molecule has 0 spiro atoms. The highest BCUT2D eigenvalue weighted by molar-refractivity contribution is 5.76. The summed E-state index contributed by atoms with van der Waals surface area (Å²) in [5.41, 5.74) is 7.69. The molecule has 3 N–H and O–H groups in total. The van der Waals surface area contributed by atoms with E-state index in [4.69, 9.17) is 15.9 Å². The summed E-state index contributed by atoms with van der Waals surface area (Å²) in [5.74, 6) is 1.21. The van der Waals surface area contributed by atoms with Gasteiger partial charge in [0.2, 0.25) is 0 Å². The van der Waals surface area contributed by atoms with Crippen molar-refractivity contribution >= 4 is 5.84 Å². The summed E-state index contributed by atoms with van der Waals surface area (Å²) in [4.78, 5) is 0. The molecule has 1 aromatic rings. The van der Waals surface area contributed by atoms with Crippen molar-refractivity contribution in [2.24, 2.45) is 5.73 Å². The predicted octanol–water partition coefficient (Wildman–Crippen LogP) is 2.79. The van der Waals surface area contributed by atoms with Crippen molar-refractivity contribution in [1.82, 2.24) is 0 Å². The number of amidine groups is 1. The van der Waals surface area contributed by atoms with E-state index in [0.717, 1.165) is 18.6 Å². The Kier molecular flexibility index (Phi) is 4.83. The molecule has 0 heterocycles. The number of aryl methyl sites for hydroxylation is 2. The van der Waals surface area contributed by atoms with E-state index >= 15 is 0 Å². The van der Waals surface area contributed by atoms with Gasteiger partial charge in [-0.05, 0) is 38.3 Å². The minimum absolute atomic E-state index is 0.256. The molecule has 1 aromatic carbocycles. The Morgan fingerprint density at radius 2 is 2.06 bits per heavy atom. The quantitative estimate of drug-likeness (QED) is 0.440. The number of ether oxygens (including phenoxy) is 1. The Labute approximate surface area is 97.1 Å². The van der Waals surface area contributed by atoms with E-state index in [9.17, 15) is 0 Å². The number of nitrogens with one attached hydrogen (secondary N) is 1. The normalized spacial score (nSPS) is 10.1. The van der Waals surface area contributed by atoms with E-state index in [1.54, 1.807) is 0 Å². The van der Waals surface area contributed by atoms with Crippen molar-refractivity contribution < 1.29 is 4.74 Å². The van der Waals surface area contributed by atoms with Crippen molar-refractivity contribution in [3.05, 3.63) is 29.3 Å². The van der Waals surface area contributed by atoms with Crippen LogP contribution in [0.2, 0.25) is 0 Å². The van der Waals surface area contributed by atoms with Crippen LogP contribution in [-0.4, -0.2) is 12.4 Å². The van der Waals surface area contributed by atoms with Crippen LogP contribution in [0.25, 0.3) is 0 Å². The average molecular weight is 220 g/mol. The molecule has 0 radical (unpaired) electrons. The van der Waals surface area contributed by atoms with Crippen LogP contribution in [0, 0.1) is 19.3 Å². The minimum Gasteiger partial charge on any atom is -0.493 e. The fourth-order valence-corrected chi connectivity index (χ4v) is 1.56. The number of nitrogens with two attached hydrogens (primary N) is 1. The van der Waals surface area contributed by atoms with E-state index in [1.807, 2.05) is 6.07 Å². The van der Waals surface area contributed by atoms with Gasteiger partial charge in [0.05, 0.1) is 12.4 Å². The Hall–Kier alpha value is -1.51. The third kappa shape index (κ3) is 4.34. The van der Waals surface area contributed by atoms with Gasteiger partial charge in [-0.3, -0.25) is 5.41 Å². The highest BCUT2D eigenvalue weighted by atomic mass is 16.5. The van der Waals surface area contributed by atoms with Gasteiger partial charge in [0.1, 0.15) is 5.75 Å². The lowest BCUT2D eigenvalue weighted by Crippen LogP contribution is -2.09. The van der Waals surface area contributed by atoms with E-state index < -0.39 is 0 Å². The molecular formula is C13H20N2O. The molecule has 0 unspecified atom stereocenters. The van der Waals surface area contributed by atoms with Gasteiger partial charge >= 0.3 is 0 Å². The van der Waals surface area contributed by atoms with E-state index in [2.05, 4.69) is 26.0 Å². The first kappa shape index (κ1) is 12.6. The average Bonchev–Trinajstić information content (AvgIpc) is 2.20. The van der Waals surface area contributed by atoms with Crippen LogP contribution < -0.4 is 10.5 Å². The molecule has 0 aliphatic carbocycles. The molecular weight excluding hydrogens is 200 g/mol. The zero-order valence-electron chi connectivity index (χ0n) is 10.0. The molecule has 0 saturated heterocycles. The van der Waals surface area contributed by atoms with Gasteiger partial charge in [-0.2, -0.15) is 0 Å². The lowest BCUT2D eigenvalue weighted by atomic mass is 10.1. The lowest BCUT2D eigenvalue weighted by Gasteiger charge is -2.09. The van der Waals surface area contributed by atoms with E-state index in [0.29, 0.717) is 13.0 Å². The topological polar surface area (TPSA) is 59.1 Å². The largest absolute Gasteiger partial charge is 0.493 e. The first-order chi connectivity index (χ1) is 7.59. The van der Waals surface area contributed by atoms with Gasteiger partial charge in [-0.15, -0.1) is 0 Å². The fraction of sp³-hybridized carbons (Fsp3) is 0.462. The molecule has 0 fully saturated rings. The van der Waals surface area contributed by atoms with E-state index in [-0.39, 0.29) is 5.84 Å². The van der Waals surface area contributed by atoms with Crippen molar-refractivity contribution in [2.45, 2.75) is 33.1 Å². The van der Waals surface area contributed by atoms with Crippen LogP contribution >= 0.6 is 0 Å². The smallest absolute Gasteiger partial charge is 0.122 e. The molecule has 3 heteroatoms.